The molecule has 0 bridgehead atoms. The molecule has 0 fully saturated rings. The molecule has 0 radical (unpaired) electrons. The van der Waals surface area contributed by atoms with Gasteiger partial charge in [0.15, 0.2) is 5.11 Å². The van der Waals surface area contributed by atoms with Crippen molar-refractivity contribution in [3.8, 4) is 5.75 Å². The van der Waals surface area contributed by atoms with Gasteiger partial charge in [-0.15, -0.1) is 0 Å². The summed E-state index contributed by atoms with van der Waals surface area (Å²) in [4.78, 5) is 0. The minimum Gasteiger partial charge on any atom is -0.497 e. The number of ether oxygens (including phenoxy) is 1. The van der Waals surface area contributed by atoms with Gasteiger partial charge < -0.3 is 10.1 Å². The molecule has 3 rings (SSSR count). The summed E-state index contributed by atoms with van der Waals surface area (Å²) in [5.74, 6) is 0.826. The first-order chi connectivity index (χ1) is 11.6. The standard InChI is InChI=1S/C18H18ClN3OS/c1-20-18(24)22-17(12-7-9-13(23-2)10-8-12)11-16(21-22)14-5-3-4-6-15(14)19/h3-10,17H,11H2,1-2H3,(H,20,24)/t17-/m0/s1. The quantitative estimate of drug-likeness (QED) is 0.840. The third-order valence-corrected chi connectivity index (χ3v) is 4.74. The topological polar surface area (TPSA) is 36.9 Å². The van der Waals surface area contributed by atoms with Crippen LogP contribution in [0, 0.1) is 0 Å². The number of hydrogen-bond donors (Lipinski definition) is 1. The normalized spacial score (nSPS) is 16.7. The van der Waals surface area contributed by atoms with Crippen LogP contribution < -0.4 is 10.1 Å². The number of methoxy groups -OCH3 is 1. The second kappa shape index (κ2) is 7.20. The summed E-state index contributed by atoms with van der Waals surface area (Å²) in [6.45, 7) is 0. The highest BCUT2D eigenvalue weighted by Gasteiger charge is 2.31. The molecule has 2 aromatic carbocycles. The molecule has 4 nitrogen and oxygen atoms in total. The zero-order valence-corrected chi connectivity index (χ0v) is 15.1. The van der Waals surface area contributed by atoms with Crippen molar-refractivity contribution in [3.05, 3.63) is 64.7 Å². The molecule has 2 aromatic rings. The van der Waals surface area contributed by atoms with Gasteiger partial charge in [0, 0.05) is 24.1 Å². The van der Waals surface area contributed by atoms with Gasteiger partial charge >= 0.3 is 0 Å². The van der Waals surface area contributed by atoms with Crippen molar-refractivity contribution in [3.63, 3.8) is 0 Å². The van der Waals surface area contributed by atoms with Crippen LogP contribution in [0.4, 0.5) is 0 Å². The third-order valence-electron chi connectivity index (χ3n) is 4.02. The number of thiocarbonyl (C=S) groups is 1. The number of nitrogens with one attached hydrogen (secondary N) is 1. The SMILES string of the molecule is CNC(=S)N1N=C(c2ccccc2Cl)C[C@H]1c1ccc(OC)cc1. The van der Waals surface area contributed by atoms with Gasteiger partial charge in [0.1, 0.15) is 5.75 Å². The fourth-order valence-electron chi connectivity index (χ4n) is 2.76. The third kappa shape index (κ3) is 3.23. The number of hydrazone groups is 1. The van der Waals surface area contributed by atoms with E-state index in [0.717, 1.165) is 29.0 Å². The lowest BCUT2D eigenvalue weighted by Crippen LogP contribution is -2.34. The fraction of sp³-hybridized carbons (Fsp3) is 0.222. The Hall–Kier alpha value is -2.11. The van der Waals surface area contributed by atoms with Crippen molar-refractivity contribution in [2.24, 2.45) is 5.10 Å². The van der Waals surface area contributed by atoms with Crippen LogP contribution in [0.3, 0.4) is 0 Å². The van der Waals surface area contributed by atoms with Gasteiger partial charge in [-0.3, -0.25) is 0 Å². The maximum Gasteiger partial charge on any atom is 0.189 e. The van der Waals surface area contributed by atoms with Gasteiger partial charge in [0.25, 0.3) is 0 Å². The van der Waals surface area contributed by atoms with E-state index in [1.165, 1.54) is 0 Å². The predicted molar refractivity (Wildman–Crippen MR) is 102 cm³/mol. The van der Waals surface area contributed by atoms with Crippen LogP contribution in [0.2, 0.25) is 5.02 Å². The highest BCUT2D eigenvalue weighted by atomic mass is 35.5. The minimum absolute atomic E-state index is 0.0297. The molecule has 0 saturated heterocycles. The summed E-state index contributed by atoms with van der Waals surface area (Å²) >= 11 is 11.8. The van der Waals surface area contributed by atoms with Crippen LogP contribution >= 0.6 is 23.8 Å². The van der Waals surface area contributed by atoms with Crippen LogP contribution in [-0.4, -0.2) is 30.0 Å². The van der Waals surface area contributed by atoms with Gasteiger partial charge in [0.2, 0.25) is 0 Å². The van der Waals surface area contributed by atoms with E-state index in [2.05, 4.69) is 5.32 Å². The van der Waals surface area contributed by atoms with Crippen molar-refractivity contribution in [2.75, 3.05) is 14.2 Å². The van der Waals surface area contributed by atoms with Crippen molar-refractivity contribution < 1.29 is 4.74 Å². The molecule has 0 spiro atoms. The smallest absolute Gasteiger partial charge is 0.189 e. The highest BCUT2D eigenvalue weighted by Crippen LogP contribution is 2.34. The molecular weight excluding hydrogens is 342 g/mol. The van der Waals surface area contributed by atoms with Crippen LogP contribution in [0.15, 0.2) is 53.6 Å². The zero-order valence-electron chi connectivity index (χ0n) is 13.5. The van der Waals surface area contributed by atoms with E-state index in [1.807, 2.05) is 53.5 Å². The van der Waals surface area contributed by atoms with Crippen molar-refractivity contribution >= 4 is 34.6 Å². The molecule has 1 heterocycles. The monoisotopic (exact) mass is 359 g/mol. The largest absolute Gasteiger partial charge is 0.497 e. The fourth-order valence-corrected chi connectivity index (χ4v) is 3.17. The molecule has 24 heavy (non-hydrogen) atoms. The number of benzene rings is 2. The van der Waals surface area contributed by atoms with Crippen molar-refractivity contribution in [2.45, 2.75) is 12.5 Å². The van der Waals surface area contributed by atoms with Crippen molar-refractivity contribution in [1.82, 2.24) is 10.3 Å². The molecule has 0 unspecified atom stereocenters. The first-order valence-electron chi connectivity index (χ1n) is 7.61. The molecule has 1 N–H and O–H groups in total. The van der Waals surface area contributed by atoms with Gasteiger partial charge in [-0.1, -0.05) is 41.9 Å². The lowest BCUT2D eigenvalue weighted by atomic mass is 9.98. The molecule has 1 aliphatic heterocycles. The lowest BCUT2D eigenvalue weighted by Gasteiger charge is -2.23. The van der Waals surface area contributed by atoms with Gasteiger partial charge in [-0.05, 0) is 36.0 Å². The second-order valence-electron chi connectivity index (χ2n) is 5.42. The predicted octanol–water partition coefficient (Wildman–Crippen LogP) is 4.00. The Morgan fingerprint density at radius 2 is 1.96 bits per heavy atom. The second-order valence-corrected chi connectivity index (χ2v) is 6.21. The van der Waals surface area contributed by atoms with Crippen LogP contribution in [0.5, 0.6) is 5.75 Å². The minimum atomic E-state index is 0.0297. The van der Waals surface area contributed by atoms with Gasteiger partial charge in [-0.25, -0.2) is 5.01 Å². The lowest BCUT2D eigenvalue weighted by molar-refractivity contribution is 0.365. The van der Waals surface area contributed by atoms with Gasteiger partial charge in [0.05, 0.1) is 18.9 Å². The average Bonchev–Trinajstić information content (AvgIpc) is 3.06. The van der Waals surface area contributed by atoms with Crippen LogP contribution in [0.1, 0.15) is 23.6 Å². The summed E-state index contributed by atoms with van der Waals surface area (Å²) in [5, 5.41) is 10.8. The number of rotatable bonds is 3. The summed E-state index contributed by atoms with van der Waals surface area (Å²) in [7, 11) is 3.46. The number of hydrogen-bond acceptors (Lipinski definition) is 3. The van der Waals surface area contributed by atoms with E-state index in [-0.39, 0.29) is 6.04 Å². The molecular formula is C18H18ClN3OS. The Kier molecular flexibility index (Phi) is 5.02. The van der Waals surface area contributed by atoms with Gasteiger partial charge in [-0.2, -0.15) is 5.10 Å². The Balaban J connectivity index is 1.95. The first-order valence-corrected chi connectivity index (χ1v) is 8.40. The van der Waals surface area contributed by atoms with E-state index < -0.39 is 0 Å². The Bertz CT molecular complexity index is 776. The maximum absolute atomic E-state index is 6.33. The van der Waals surface area contributed by atoms with E-state index in [4.69, 9.17) is 33.7 Å². The van der Waals surface area contributed by atoms with Crippen LogP contribution in [0.25, 0.3) is 0 Å². The molecule has 1 atom stereocenters. The van der Waals surface area contributed by atoms with E-state index >= 15 is 0 Å². The average molecular weight is 360 g/mol. The Labute approximate surface area is 152 Å². The van der Waals surface area contributed by atoms with Crippen LogP contribution in [-0.2, 0) is 0 Å². The molecule has 0 saturated carbocycles. The summed E-state index contributed by atoms with van der Waals surface area (Å²) in [5.41, 5.74) is 3.00. The Morgan fingerprint density at radius 3 is 2.58 bits per heavy atom. The summed E-state index contributed by atoms with van der Waals surface area (Å²) in [6, 6.07) is 15.7. The molecule has 1 aliphatic rings. The summed E-state index contributed by atoms with van der Waals surface area (Å²) < 4.78 is 5.24. The van der Waals surface area contributed by atoms with E-state index in [9.17, 15) is 0 Å². The molecule has 6 heteroatoms. The summed E-state index contributed by atoms with van der Waals surface area (Å²) in [6.07, 6.45) is 0.734. The van der Waals surface area contributed by atoms with Crippen molar-refractivity contribution in [1.29, 1.82) is 0 Å². The molecule has 124 valence electrons. The zero-order chi connectivity index (χ0) is 17.1. The highest BCUT2D eigenvalue weighted by molar-refractivity contribution is 7.80. The van der Waals surface area contributed by atoms with E-state index in [0.29, 0.717) is 10.1 Å². The molecule has 0 amide bonds. The number of halogens is 1. The first kappa shape index (κ1) is 16.7. The maximum atomic E-state index is 6.33. The number of nitrogens with zero attached hydrogens (tertiary/aromatic N) is 2. The molecule has 0 aliphatic carbocycles. The Morgan fingerprint density at radius 1 is 1.25 bits per heavy atom. The molecule has 0 aromatic heterocycles. The van der Waals surface area contributed by atoms with E-state index in [1.54, 1.807) is 14.2 Å².